The summed E-state index contributed by atoms with van der Waals surface area (Å²) in [6, 6.07) is 5.73. The van der Waals surface area contributed by atoms with Crippen molar-refractivity contribution in [3.63, 3.8) is 0 Å². The first-order valence-electron chi connectivity index (χ1n) is 8.89. The molecule has 2 aromatic heterocycles. The van der Waals surface area contributed by atoms with Crippen LogP contribution in [-0.2, 0) is 17.8 Å². The van der Waals surface area contributed by atoms with Crippen molar-refractivity contribution in [2.45, 2.75) is 32.9 Å². The van der Waals surface area contributed by atoms with Gasteiger partial charge in [0.1, 0.15) is 11.9 Å². The Labute approximate surface area is 156 Å². The summed E-state index contributed by atoms with van der Waals surface area (Å²) in [4.78, 5) is 20.0. The van der Waals surface area contributed by atoms with Crippen LogP contribution in [0.2, 0.25) is 0 Å². The summed E-state index contributed by atoms with van der Waals surface area (Å²) in [6.07, 6.45) is 2.46. The molecule has 3 heterocycles. The molecule has 1 aliphatic heterocycles. The van der Waals surface area contributed by atoms with E-state index in [1.807, 2.05) is 13.8 Å². The molecule has 4 rings (SSSR count). The molecule has 140 valence electrons. The molecule has 0 saturated heterocycles. The van der Waals surface area contributed by atoms with E-state index >= 15 is 0 Å². The Bertz CT molecular complexity index is 975. The first kappa shape index (κ1) is 17.4. The summed E-state index contributed by atoms with van der Waals surface area (Å²) >= 11 is 0. The Kier molecular flexibility index (Phi) is 4.49. The van der Waals surface area contributed by atoms with Gasteiger partial charge in [0.15, 0.2) is 0 Å². The van der Waals surface area contributed by atoms with Gasteiger partial charge in [-0.2, -0.15) is 5.10 Å². The SMILES string of the molecule is Cc1nn(-c2ccc(F)cc2)c(C)c1CNC(=O)[C@@H]1NCCc2[nH]cnc21. The second-order valence-electron chi connectivity index (χ2n) is 6.66. The fourth-order valence-corrected chi connectivity index (χ4v) is 3.48. The number of carbonyl (C=O) groups excluding carboxylic acids is 1. The van der Waals surface area contributed by atoms with Gasteiger partial charge in [0.2, 0.25) is 5.91 Å². The van der Waals surface area contributed by atoms with Crippen molar-refractivity contribution in [3.05, 3.63) is 64.7 Å². The minimum Gasteiger partial charge on any atom is -0.350 e. The van der Waals surface area contributed by atoms with Crippen LogP contribution >= 0.6 is 0 Å². The maximum Gasteiger partial charge on any atom is 0.243 e. The van der Waals surface area contributed by atoms with Gasteiger partial charge in [-0.3, -0.25) is 4.79 Å². The fourth-order valence-electron chi connectivity index (χ4n) is 3.48. The van der Waals surface area contributed by atoms with Gasteiger partial charge < -0.3 is 15.6 Å². The highest BCUT2D eigenvalue weighted by Gasteiger charge is 2.28. The van der Waals surface area contributed by atoms with Crippen molar-refractivity contribution < 1.29 is 9.18 Å². The Morgan fingerprint density at radius 1 is 1.33 bits per heavy atom. The molecule has 0 radical (unpaired) electrons. The topological polar surface area (TPSA) is 87.6 Å². The van der Waals surface area contributed by atoms with Gasteiger partial charge >= 0.3 is 0 Å². The van der Waals surface area contributed by atoms with Crippen molar-refractivity contribution in [2.75, 3.05) is 6.54 Å². The molecule has 8 heteroatoms. The molecule has 1 atom stereocenters. The van der Waals surface area contributed by atoms with E-state index in [2.05, 4.69) is 25.7 Å². The quantitative estimate of drug-likeness (QED) is 0.656. The third-order valence-electron chi connectivity index (χ3n) is 4.96. The maximum atomic E-state index is 13.2. The molecule has 1 amide bonds. The zero-order valence-electron chi connectivity index (χ0n) is 15.2. The van der Waals surface area contributed by atoms with Crippen molar-refractivity contribution in [3.8, 4) is 5.69 Å². The third-order valence-corrected chi connectivity index (χ3v) is 4.96. The number of hydrogen-bond acceptors (Lipinski definition) is 4. The summed E-state index contributed by atoms with van der Waals surface area (Å²) in [6.45, 7) is 4.94. The van der Waals surface area contributed by atoms with Crippen molar-refractivity contribution in [1.82, 2.24) is 30.4 Å². The lowest BCUT2D eigenvalue weighted by Crippen LogP contribution is -2.41. The van der Waals surface area contributed by atoms with Gasteiger partial charge in [0, 0.05) is 36.5 Å². The van der Waals surface area contributed by atoms with E-state index in [0.717, 1.165) is 47.0 Å². The number of rotatable bonds is 4. The molecule has 0 bridgehead atoms. The minimum absolute atomic E-state index is 0.114. The van der Waals surface area contributed by atoms with Crippen LogP contribution in [0, 0.1) is 19.7 Å². The number of hydrogen-bond donors (Lipinski definition) is 3. The second-order valence-corrected chi connectivity index (χ2v) is 6.66. The highest BCUT2D eigenvalue weighted by molar-refractivity contribution is 5.83. The smallest absolute Gasteiger partial charge is 0.243 e. The van der Waals surface area contributed by atoms with Gasteiger partial charge in [0.25, 0.3) is 0 Å². The normalized spacial score (nSPS) is 16.2. The van der Waals surface area contributed by atoms with Crippen LogP contribution in [-0.4, -0.2) is 32.2 Å². The highest BCUT2D eigenvalue weighted by atomic mass is 19.1. The van der Waals surface area contributed by atoms with E-state index in [0.29, 0.717) is 6.54 Å². The second kappa shape index (κ2) is 6.96. The average Bonchev–Trinajstić information content (AvgIpc) is 3.25. The van der Waals surface area contributed by atoms with E-state index in [-0.39, 0.29) is 11.7 Å². The Balaban J connectivity index is 1.51. The molecule has 0 unspecified atom stereocenters. The molecule has 1 aromatic carbocycles. The number of aromatic nitrogens is 4. The lowest BCUT2D eigenvalue weighted by atomic mass is 10.0. The molecule has 1 aliphatic rings. The Morgan fingerprint density at radius 2 is 2.11 bits per heavy atom. The van der Waals surface area contributed by atoms with Gasteiger partial charge in [-0.15, -0.1) is 0 Å². The zero-order chi connectivity index (χ0) is 19.0. The van der Waals surface area contributed by atoms with Gasteiger partial charge in [-0.05, 0) is 38.1 Å². The summed E-state index contributed by atoms with van der Waals surface area (Å²) in [5, 5.41) is 10.7. The zero-order valence-corrected chi connectivity index (χ0v) is 15.2. The lowest BCUT2D eigenvalue weighted by molar-refractivity contribution is -0.123. The van der Waals surface area contributed by atoms with Gasteiger partial charge in [0.05, 0.1) is 23.4 Å². The first-order chi connectivity index (χ1) is 13.0. The third kappa shape index (κ3) is 3.23. The monoisotopic (exact) mass is 368 g/mol. The predicted octanol–water partition coefficient (Wildman–Crippen LogP) is 1.85. The van der Waals surface area contributed by atoms with Crippen molar-refractivity contribution >= 4 is 5.91 Å². The van der Waals surface area contributed by atoms with Crippen LogP contribution in [0.15, 0.2) is 30.6 Å². The predicted molar refractivity (Wildman–Crippen MR) is 97.9 cm³/mol. The molecule has 0 spiro atoms. The lowest BCUT2D eigenvalue weighted by Gasteiger charge is -2.22. The van der Waals surface area contributed by atoms with Crippen LogP contribution in [0.3, 0.4) is 0 Å². The molecule has 0 fully saturated rings. The van der Waals surface area contributed by atoms with E-state index < -0.39 is 6.04 Å². The van der Waals surface area contributed by atoms with E-state index in [1.165, 1.54) is 12.1 Å². The highest BCUT2D eigenvalue weighted by Crippen LogP contribution is 2.21. The molecular weight excluding hydrogens is 347 g/mol. The maximum absolute atomic E-state index is 13.2. The van der Waals surface area contributed by atoms with Crippen LogP contribution in [0.4, 0.5) is 4.39 Å². The number of nitrogens with one attached hydrogen (secondary N) is 3. The summed E-state index contributed by atoms with van der Waals surface area (Å²) in [5.74, 6) is -0.401. The minimum atomic E-state index is -0.451. The van der Waals surface area contributed by atoms with Gasteiger partial charge in [-0.1, -0.05) is 0 Å². The number of aryl methyl sites for hydroxylation is 1. The number of fused-ring (bicyclic) bond motifs is 1. The van der Waals surface area contributed by atoms with E-state index in [9.17, 15) is 9.18 Å². The summed E-state index contributed by atoms with van der Waals surface area (Å²) < 4.78 is 14.9. The van der Waals surface area contributed by atoms with Crippen LogP contribution in [0.5, 0.6) is 0 Å². The fraction of sp³-hybridized carbons (Fsp3) is 0.316. The molecule has 0 saturated carbocycles. The van der Waals surface area contributed by atoms with E-state index in [1.54, 1.807) is 23.1 Å². The largest absolute Gasteiger partial charge is 0.350 e. The number of carbonyl (C=O) groups is 1. The number of halogens is 1. The average molecular weight is 368 g/mol. The van der Waals surface area contributed by atoms with E-state index in [4.69, 9.17) is 0 Å². The number of imidazole rings is 1. The van der Waals surface area contributed by atoms with Gasteiger partial charge in [-0.25, -0.2) is 14.1 Å². The molecule has 27 heavy (non-hydrogen) atoms. The van der Waals surface area contributed by atoms with Crippen molar-refractivity contribution in [1.29, 1.82) is 0 Å². The number of aromatic amines is 1. The number of H-pyrrole nitrogens is 1. The first-order valence-corrected chi connectivity index (χ1v) is 8.89. The number of nitrogens with zero attached hydrogens (tertiary/aromatic N) is 3. The molecular formula is C19H21FN6O. The van der Waals surface area contributed by atoms with Crippen LogP contribution < -0.4 is 10.6 Å². The van der Waals surface area contributed by atoms with Crippen LogP contribution in [0.1, 0.15) is 34.4 Å². The molecule has 7 nitrogen and oxygen atoms in total. The Morgan fingerprint density at radius 3 is 2.89 bits per heavy atom. The Hall–Kier alpha value is -3.00. The molecule has 0 aliphatic carbocycles. The molecule has 3 aromatic rings. The number of amides is 1. The summed E-state index contributed by atoms with van der Waals surface area (Å²) in [7, 11) is 0. The molecule has 3 N–H and O–H groups in total. The summed E-state index contributed by atoms with van der Waals surface area (Å²) in [5.41, 5.74) is 5.24. The van der Waals surface area contributed by atoms with Crippen molar-refractivity contribution in [2.24, 2.45) is 0 Å². The van der Waals surface area contributed by atoms with Crippen LogP contribution in [0.25, 0.3) is 5.69 Å². The number of benzene rings is 1. The standard InChI is InChI=1S/C19H21FN6O/c1-11-15(12(2)26(25-11)14-5-3-13(20)4-6-14)9-22-19(27)18-17-16(7-8-21-18)23-10-24-17/h3-6,10,18,21H,7-9H2,1-2H3,(H,22,27)(H,23,24)/t18-/m1/s1.